The summed E-state index contributed by atoms with van der Waals surface area (Å²) < 4.78 is 24.4. The highest BCUT2D eigenvalue weighted by atomic mass is 19.1. The minimum absolute atomic E-state index is 0.191. The van der Waals surface area contributed by atoms with Gasteiger partial charge in [0.05, 0.1) is 12.8 Å². The molecule has 1 heterocycles. The number of ether oxygens (including phenoxy) is 1. The van der Waals surface area contributed by atoms with E-state index in [1.165, 1.54) is 6.07 Å². The van der Waals surface area contributed by atoms with E-state index in [4.69, 9.17) is 9.15 Å². The van der Waals surface area contributed by atoms with Gasteiger partial charge in [0.25, 0.3) is 0 Å². The Bertz CT molecular complexity index is 799. The lowest BCUT2D eigenvalue weighted by Gasteiger charge is -2.15. The Labute approximate surface area is 140 Å². The van der Waals surface area contributed by atoms with E-state index in [9.17, 15) is 4.39 Å². The Morgan fingerprint density at radius 1 is 1.08 bits per heavy atom. The lowest BCUT2D eigenvalue weighted by atomic mass is 10.2. The van der Waals surface area contributed by atoms with Crippen molar-refractivity contribution in [3.8, 4) is 17.2 Å². The van der Waals surface area contributed by atoms with Crippen LogP contribution in [-0.4, -0.2) is 24.0 Å². The molecular formula is C19H19FN2O2. The highest BCUT2D eigenvalue weighted by Gasteiger charge is 2.10. The summed E-state index contributed by atoms with van der Waals surface area (Å²) in [6.45, 7) is 1.09. The maximum Gasteiger partial charge on any atom is 0.226 e. The smallest absolute Gasteiger partial charge is 0.226 e. The number of aromatic nitrogens is 1. The molecule has 2 aromatic carbocycles. The van der Waals surface area contributed by atoms with Gasteiger partial charge in [0.2, 0.25) is 5.89 Å². The summed E-state index contributed by atoms with van der Waals surface area (Å²) in [6, 6.07) is 14.3. The first-order valence-electron chi connectivity index (χ1n) is 7.66. The maximum atomic E-state index is 13.7. The van der Waals surface area contributed by atoms with Gasteiger partial charge in [0.1, 0.15) is 17.8 Å². The molecule has 0 fully saturated rings. The summed E-state index contributed by atoms with van der Waals surface area (Å²) in [5.41, 5.74) is 2.36. The van der Waals surface area contributed by atoms with Crippen molar-refractivity contribution in [3.05, 3.63) is 71.9 Å². The van der Waals surface area contributed by atoms with Crippen LogP contribution in [0.4, 0.5) is 4.39 Å². The second-order valence-electron chi connectivity index (χ2n) is 5.64. The molecule has 1 aromatic heterocycles. The first kappa shape index (κ1) is 16.2. The summed E-state index contributed by atoms with van der Waals surface area (Å²) in [6.07, 6.45) is 1.64. The molecule has 24 heavy (non-hydrogen) atoms. The average Bonchev–Trinajstić information content (AvgIpc) is 3.05. The van der Waals surface area contributed by atoms with Crippen LogP contribution in [-0.2, 0) is 13.1 Å². The van der Waals surface area contributed by atoms with Crippen molar-refractivity contribution in [1.82, 2.24) is 9.88 Å². The summed E-state index contributed by atoms with van der Waals surface area (Å²) >= 11 is 0. The number of oxazole rings is 1. The molecular weight excluding hydrogens is 307 g/mol. The van der Waals surface area contributed by atoms with Crippen LogP contribution < -0.4 is 4.74 Å². The summed E-state index contributed by atoms with van der Waals surface area (Å²) in [5.74, 6) is 1.16. The molecule has 3 aromatic rings. The van der Waals surface area contributed by atoms with E-state index in [1.807, 2.05) is 42.3 Å². The van der Waals surface area contributed by atoms with Crippen molar-refractivity contribution in [3.63, 3.8) is 0 Å². The number of nitrogens with zero attached hydrogens (tertiary/aromatic N) is 2. The topological polar surface area (TPSA) is 38.5 Å². The fourth-order valence-corrected chi connectivity index (χ4v) is 2.50. The lowest BCUT2D eigenvalue weighted by molar-refractivity contribution is 0.309. The van der Waals surface area contributed by atoms with E-state index in [2.05, 4.69) is 4.98 Å². The maximum absolute atomic E-state index is 13.7. The molecule has 3 rings (SSSR count). The molecule has 5 heteroatoms. The van der Waals surface area contributed by atoms with Crippen molar-refractivity contribution in [2.45, 2.75) is 13.1 Å². The third-order valence-electron chi connectivity index (χ3n) is 3.72. The van der Waals surface area contributed by atoms with Gasteiger partial charge in [0.15, 0.2) is 0 Å². The Morgan fingerprint density at radius 2 is 1.83 bits per heavy atom. The van der Waals surface area contributed by atoms with Crippen LogP contribution in [0.15, 0.2) is 59.2 Å². The Kier molecular flexibility index (Phi) is 4.91. The first-order valence-corrected chi connectivity index (χ1v) is 7.66. The predicted molar refractivity (Wildman–Crippen MR) is 90.1 cm³/mol. The molecule has 4 nitrogen and oxygen atoms in total. The largest absolute Gasteiger partial charge is 0.497 e. The quantitative estimate of drug-likeness (QED) is 0.683. The Morgan fingerprint density at radius 3 is 2.54 bits per heavy atom. The Hall–Kier alpha value is -2.66. The third kappa shape index (κ3) is 3.81. The van der Waals surface area contributed by atoms with Crippen LogP contribution in [0.2, 0.25) is 0 Å². The Balaban J connectivity index is 1.66. The fraction of sp³-hybridized carbons (Fsp3) is 0.211. The van der Waals surface area contributed by atoms with Crippen LogP contribution in [0.5, 0.6) is 5.75 Å². The zero-order valence-electron chi connectivity index (χ0n) is 13.7. The summed E-state index contributed by atoms with van der Waals surface area (Å²) in [4.78, 5) is 6.49. The number of halogens is 1. The molecule has 0 aliphatic rings. The standard InChI is InChI=1S/C19H19FN2O2/c1-22(11-15-5-3-4-6-18(15)20)12-16-13-24-19(21-16)14-7-9-17(23-2)10-8-14/h3-10,13H,11-12H2,1-2H3. The van der Waals surface area contributed by atoms with Gasteiger partial charge in [-0.05, 0) is 37.4 Å². The molecule has 0 saturated carbocycles. The van der Waals surface area contributed by atoms with Gasteiger partial charge in [-0.25, -0.2) is 9.37 Å². The normalized spacial score (nSPS) is 11.0. The van der Waals surface area contributed by atoms with Gasteiger partial charge in [0, 0.05) is 24.2 Å². The third-order valence-corrected chi connectivity index (χ3v) is 3.72. The molecule has 0 N–H and O–H groups in total. The van der Waals surface area contributed by atoms with Crippen molar-refractivity contribution >= 4 is 0 Å². The molecule has 0 spiro atoms. The summed E-state index contributed by atoms with van der Waals surface area (Å²) in [7, 11) is 3.55. The SMILES string of the molecule is COc1ccc(-c2nc(CN(C)Cc3ccccc3F)co2)cc1. The number of hydrogen-bond acceptors (Lipinski definition) is 4. The van der Waals surface area contributed by atoms with Crippen LogP contribution in [0.1, 0.15) is 11.3 Å². The van der Waals surface area contributed by atoms with E-state index >= 15 is 0 Å². The van der Waals surface area contributed by atoms with Gasteiger partial charge < -0.3 is 9.15 Å². The van der Waals surface area contributed by atoms with Gasteiger partial charge >= 0.3 is 0 Å². The van der Waals surface area contributed by atoms with Crippen molar-refractivity contribution < 1.29 is 13.5 Å². The van der Waals surface area contributed by atoms with Crippen molar-refractivity contribution in [2.75, 3.05) is 14.2 Å². The summed E-state index contributed by atoms with van der Waals surface area (Å²) in [5, 5.41) is 0. The van der Waals surface area contributed by atoms with Crippen molar-refractivity contribution in [2.24, 2.45) is 0 Å². The number of hydrogen-bond donors (Lipinski definition) is 0. The fourth-order valence-electron chi connectivity index (χ4n) is 2.50. The highest BCUT2D eigenvalue weighted by molar-refractivity contribution is 5.54. The minimum atomic E-state index is -0.191. The van der Waals surface area contributed by atoms with E-state index in [1.54, 1.807) is 25.5 Å². The van der Waals surface area contributed by atoms with Crippen LogP contribution in [0.3, 0.4) is 0 Å². The molecule has 0 saturated heterocycles. The van der Waals surface area contributed by atoms with Crippen LogP contribution in [0, 0.1) is 5.82 Å². The highest BCUT2D eigenvalue weighted by Crippen LogP contribution is 2.22. The van der Waals surface area contributed by atoms with Gasteiger partial charge in [-0.3, -0.25) is 4.90 Å². The molecule has 0 atom stereocenters. The predicted octanol–water partition coefficient (Wildman–Crippen LogP) is 4.12. The molecule has 0 bridgehead atoms. The molecule has 0 aliphatic heterocycles. The average molecular weight is 326 g/mol. The molecule has 0 aliphatic carbocycles. The van der Waals surface area contributed by atoms with E-state index in [-0.39, 0.29) is 5.82 Å². The lowest BCUT2D eigenvalue weighted by Crippen LogP contribution is -2.18. The van der Waals surface area contributed by atoms with E-state index < -0.39 is 0 Å². The molecule has 0 radical (unpaired) electrons. The number of benzene rings is 2. The second-order valence-corrected chi connectivity index (χ2v) is 5.64. The van der Waals surface area contributed by atoms with Gasteiger partial charge in [-0.2, -0.15) is 0 Å². The zero-order chi connectivity index (χ0) is 16.9. The minimum Gasteiger partial charge on any atom is -0.497 e. The molecule has 124 valence electrons. The monoisotopic (exact) mass is 326 g/mol. The molecule has 0 amide bonds. The van der Waals surface area contributed by atoms with E-state index in [0.29, 0.717) is 24.5 Å². The zero-order valence-corrected chi connectivity index (χ0v) is 13.7. The molecule has 0 unspecified atom stereocenters. The number of rotatable bonds is 6. The first-order chi connectivity index (χ1) is 11.7. The van der Waals surface area contributed by atoms with Crippen LogP contribution in [0.25, 0.3) is 11.5 Å². The van der Waals surface area contributed by atoms with Crippen LogP contribution >= 0.6 is 0 Å². The van der Waals surface area contributed by atoms with Gasteiger partial charge in [-0.1, -0.05) is 18.2 Å². The van der Waals surface area contributed by atoms with E-state index in [0.717, 1.165) is 17.0 Å². The van der Waals surface area contributed by atoms with Crippen molar-refractivity contribution in [1.29, 1.82) is 0 Å². The second kappa shape index (κ2) is 7.27. The van der Waals surface area contributed by atoms with Gasteiger partial charge in [-0.15, -0.1) is 0 Å². The number of methoxy groups -OCH3 is 1.